The SMILES string of the molecule is CCOC(OCC)c1cccc(CCCN)c1. The van der Waals surface area contributed by atoms with Crippen LogP contribution in [-0.4, -0.2) is 19.8 Å². The van der Waals surface area contributed by atoms with E-state index in [0.29, 0.717) is 13.2 Å². The van der Waals surface area contributed by atoms with Crippen molar-refractivity contribution in [3.05, 3.63) is 35.4 Å². The van der Waals surface area contributed by atoms with E-state index < -0.39 is 0 Å². The first-order valence-corrected chi connectivity index (χ1v) is 6.33. The molecule has 0 aliphatic carbocycles. The number of rotatable bonds is 8. The molecule has 2 N–H and O–H groups in total. The Hall–Kier alpha value is -0.900. The Morgan fingerprint density at radius 1 is 1.18 bits per heavy atom. The molecule has 1 rings (SSSR count). The number of aryl methyl sites for hydroxylation is 1. The van der Waals surface area contributed by atoms with Gasteiger partial charge in [-0.2, -0.15) is 0 Å². The average Bonchev–Trinajstić information content (AvgIpc) is 2.36. The Labute approximate surface area is 104 Å². The molecule has 0 saturated heterocycles. The van der Waals surface area contributed by atoms with Gasteiger partial charge in [0.15, 0.2) is 6.29 Å². The lowest BCUT2D eigenvalue weighted by Crippen LogP contribution is -2.09. The van der Waals surface area contributed by atoms with Crippen LogP contribution in [0.2, 0.25) is 0 Å². The molecule has 0 spiro atoms. The second kappa shape index (κ2) is 8.23. The standard InChI is InChI=1S/C14H23NO2/c1-3-16-14(17-4-2)13-9-5-7-12(11-13)8-6-10-15/h5,7,9,11,14H,3-4,6,8,10,15H2,1-2H3. The molecule has 0 aliphatic heterocycles. The van der Waals surface area contributed by atoms with Gasteiger partial charge in [0.25, 0.3) is 0 Å². The molecule has 17 heavy (non-hydrogen) atoms. The molecule has 1 aromatic rings. The summed E-state index contributed by atoms with van der Waals surface area (Å²) in [6, 6.07) is 8.36. The summed E-state index contributed by atoms with van der Waals surface area (Å²) in [5.74, 6) is 0. The fourth-order valence-electron chi connectivity index (χ4n) is 1.74. The molecule has 1 aromatic carbocycles. The molecule has 0 fully saturated rings. The number of hydrogen-bond donors (Lipinski definition) is 1. The van der Waals surface area contributed by atoms with Gasteiger partial charge in [0.2, 0.25) is 0 Å². The van der Waals surface area contributed by atoms with Crippen molar-refractivity contribution < 1.29 is 9.47 Å². The number of ether oxygens (including phenoxy) is 2. The third-order valence-corrected chi connectivity index (χ3v) is 2.53. The van der Waals surface area contributed by atoms with Crippen LogP contribution in [0.5, 0.6) is 0 Å². The summed E-state index contributed by atoms with van der Waals surface area (Å²) in [7, 11) is 0. The van der Waals surface area contributed by atoms with Gasteiger partial charge < -0.3 is 15.2 Å². The van der Waals surface area contributed by atoms with E-state index in [0.717, 1.165) is 24.9 Å². The maximum Gasteiger partial charge on any atom is 0.183 e. The predicted molar refractivity (Wildman–Crippen MR) is 69.8 cm³/mol. The zero-order valence-electron chi connectivity index (χ0n) is 10.8. The fourth-order valence-corrected chi connectivity index (χ4v) is 1.74. The van der Waals surface area contributed by atoms with Crippen LogP contribution < -0.4 is 5.73 Å². The van der Waals surface area contributed by atoms with Crippen molar-refractivity contribution in [2.45, 2.75) is 33.0 Å². The molecule has 3 heteroatoms. The summed E-state index contributed by atoms with van der Waals surface area (Å²) in [5.41, 5.74) is 7.90. The quantitative estimate of drug-likeness (QED) is 0.707. The topological polar surface area (TPSA) is 44.5 Å². The molecular formula is C14H23NO2. The van der Waals surface area contributed by atoms with E-state index >= 15 is 0 Å². The van der Waals surface area contributed by atoms with Gasteiger partial charge in [-0.3, -0.25) is 0 Å². The van der Waals surface area contributed by atoms with Gasteiger partial charge in [0.05, 0.1) is 0 Å². The van der Waals surface area contributed by atoms with Crippen LogP contribution in [0, 0.1) is 0 Å². The zero-order valence-corrected chi connectivity index (χ0v) is 10.8. The Bertz CT molecular complexity index is 309. The highest BCUT2D eigenvalue weighted by Gasteiger charge is 2.11. The van der Waals surface area contributed by atoms with E-state index in [4.69, 9.17) is 15.2 Å². The third-order valence-electron chi connectivity index (χ3n) is 2.53. The number of hydrogen-bond acceptors (Lipinski definition) is 3. The Balaban J connectivity index is 2.72. The summed E-state index contributed by atoms with van der Waals surface area (Å²) < 4.78 is 11.2. The minimum absolute atomic E-state index is 0.247. The summed E-state index contributed by atoms with van der Waals surface area (Å²) in [6.45, 7) is 5.98. The van der Waals surface area contributed by atoms with Crippen molar-refractivity contribution in [3.63, 3.8) is 0 Å². The van der Waals surface area contributed by atoms with E-state index in [2.05, 4.69) is 12.1 Å². The molecule has 96 valence electrons. The molecule has 0 heterocycles. The van der Waals surface area contributed by atoms with E-state index in [-0.39, 0.29) is 6.29 Å². The van der Waals surface area contributed by atoms with E-state index in [9.17, 15) is 0 Å². The van der Waals surface area contributed by atoms with E-state index in [1.54, 1.807) is 0 Å². The minimum atomic E-state index is -0.247. The van der Waals surface area contributed by atoms with Crippen LogP contribution in [0.3, 0.4) is 0 Å². The fraction of sp³-hybridized carbons (Fsp3) is 0.571. The summed E-state index contributed by atoms with van der Waals surface area (Å²) in [4.78, 5) is 0. The zero-order chi connectivity index (χ0) is 12.5. The largest absolute Gasteiger partial charge is 0.349 e. The van der Waals surface area contributed by atoms with Gasteiger partial charge in [-0.25, -0.2) is 0 Å². The van der Waals surface area contributed by atoms with Crippen molar-refractivity contribution >= 4 is 0 Å². The van der Waals surface area contributed by atoms with Crippen molar-refractivity contribution in [1.29, 1.82) is 0 Å². The minimum Gasteiger partial charge on any atom is -0.349 e. The molecule has 0 saturated carbocycles. The highest BCUT2D eigenvalue weighted by Crippen LogP contribution is 2.20. The van der Waals surface area contributed by atoms with Gasteiger partial charge in [-0.15, -0.1) is 0 Å². The van der Waals surface area contributed by atoms with E-state index in [1.807, 2.05) is 26.0 Å². The van der Waals surface area contributed by atoms with Gasteiger partial charge in [0.1, 0.15) is 0 Å². The second-order valence-corrected chi connectivity index (χ2v) is 3.88. The highest BCUT2D eigenvalue weighted by atomic mass is 16.7. The molecule has 0 atom stereocenters. The molecule has 0 aliphatic rings. The predicted octanol–water partition coefficient (Wildman–Crippen LogP) is 2.65. The van der Waals surface area contributed by atoms with Crippen molar-refractivity contribution in [1.82, 2.24) is 0 Å². The first kappa shape index (κ1) is 14.2. The Kier molecular flexibility index (Phi) is 6.86. The van der Waals surface area contributed by atoms with Crippen LogP contribution in [0.25, 0.3) is 0 Å². The normalized spacial score (nSPS) is 11.1. The lowest BCUT2D eigenvalue weighted by Gasteiger charge is -2.17. The maximum atomic E-state index is 5.58. The van der Waals surface area contributed by atoms with Gasteiger partial charge in [-0.05, 0) is 38.8 Å². The monoisotopic (exact) mass is 237 g/mol. The molecule has 0 amide bonds. The molecule has 0 unspecified atom stereocenters. The second-order valence-electron chi connectivity index (χ2n) is 3.88. The molecule has 3 nitrogen and oxygen atoms in total. The first-order chi connectivity index (χ1) is 8.31. The Morgan fingerprint density at radius 2 is 1.88 bits per heavy atom. The van der Waals surface area contributed by atoms with Gasteiger partial charge in [0, 0.05) is 18.8 Å². The van der Waals surface area contributed by atoms with Crippen LogP contribution in [-0.2, 0) is 15.9 Å². The average molecular weight is 237 g/mol. The van der Waals surface area contributed by atoms with Crippen LogP contribution in [0.4, 0.5) is 0 Å². The van der Waals surface area contributed by atoms with Crippen LogP contribution in [0.15, 0.2) is 24.3 Å². The molecule has 0 radical (unpaired) electrons. The number of nitrogens with two attached hydrogens (primary N) is 1. The smallest absolute Gasteiger partial charge is 0.183 e. The molecule has 0 bridgehead atoms. The lowest BCUT2D eigenvalue weighted by atomic mass is 10.1. The summed E-state index contributed by atoms with van der Waals surface area (Å²) in [6.07, 6.45) is 1.77. The summed E-state index contributed by atoms with van der Waals surface area (Å²) >= 11 is 0. The lowest BCUT2D eigenvalue weighted by molar-refractivity contribution is -0.140. The molecular weight excluding hydrogens is 214 g/mol. The third kappa shape index (κ3) is 4.86. The number of benzene rings is 1. The van der Waals surface area contributed by atoms with E-state index in [1.165, 1.54) is 5.56 Å². The van der Waals surface area contributed by atoms with Gasteiger partial charge in [-0.1, -0.05) is 24.3 Å². The maximum absolute atomic E-state index is 5.58. The van der Waals surface area contributed by atoms with Crippen molar-refractivity contribution in [3.8, 4) is 0 Å². The summed E-state index contributed by atoms with van der Waals surface area (Å²) in [5, 5.41) is 0. The van der Waals surface area contributed by atoms with Crippen molar-refractivity contribution in [2.24, 2.45) is 5.73 Å². The van der Waals surface area contributed by atoms with Crippen LogP contribution >= 0.6 is 0 Å². The molecule has 0 aromatic heterocycles. The Morgan fingerprint density at radius 3 is 2.47 bits per heavy atom. The van der Waals surface area contributed by atoms with Gasteiger partial charge >= 0.3 is 0 Å². The highest BCUT2D eigenvalue weighted by molar-refractivity contribution is 5.24. The first-order valence-electron chi connectivity index (χ1n) is 6.33. The van der Waals surface area contributed by atoms with Crippen molar-refractivity contribution in [2.75, 3.05) is 19.8 Å². The van der Waals surface area contributed by atoms with Crippen LogP contribution in [0.1, 0.15) is 37.7 Å².